The molecule has 18 heavy (non-hydrogen) atoms. The predicted octanol–water partition coefficient (Wildman–Crippen LogP) is 3.96. The van der Waals surface area contributed by atoms with Gasteiger partial charge >= 0.3 is 0 Å². The molecule has 1 aromatic carbocycles. The van der Waals surface area contributed by atoms with Crippen molar-refractivity contribution in [2.45, 2.75) is 26.2 Å². The van der Waals surface area contributed by atoms with Crippen molar-refractivity contribution in [3.63, 3.8) is 0 Å². The summed E-state index contributed by atoms with van der Waals surface area (Å²) >= 11 is 6.29. The fourth-order valence-corrected chi connectivity index (χ4v) is 2.98. The van der Waals surface area contributed by atoms with Crippen LogP contribution in [0.1, 0.15) is 34.5 Å². The first-order valence-corrected chi connectivity index (χ1v) is 6.55. The molecule has 0 bridgehead atoms. The van der Waals surface area contributed by atoms with Crippen LogP contribution in [-0.2, 0) is 6.42 Å². The lowest BCUT2D eigenvalue weighted by molar-refractivity contribution is 0.0972. The summed E-state index contributed by atoms with van der Waals surface area (Å²) in [6, 6.07) is 7.79. The molecule has 0 spiro atoms. The van der Waals surface area contributed by atoms with Gasteiger partial charge in [0.05, 0.1) is 10.7 Å². The van der Waals surface area contributed by atoms with Crippen LogP contribution < -0.4 is 0 Å². The monoisotopic (exact) mass is 259 g/mol. The van der Waals surface area contributed by atoms with Crippen LogP contribution >= 0.6 is 11.6 Å². The number of Topliss-reactive ketones (excluding diaryl/α,β-unsaturated/α-hetero) is 1. The molecule has 2 aromatic rings. The summed E-state index contributed by atoms with van der Waals surface area (Å²) in [4.78, 5) is 11.9. The van der Waals surface area contributed by atoms with Crippen molar-refractivity contribution in [1.82, 2.24) is 4.57 Å². The van der Waals surface area contributed by atoms with Crippen LogP contribution in [0.3, 0.4) is 0 Å². The topological polar surface area (TPSA) is 22.0 Å². The van der Waals surface area contributed by atoms with Crippen molar-refractivity contribution in [2.75, 3.05) is 0 Å². The summed E-state index contributed by atoms with van der Waals surface area (Å²) in [7, 11) is 0. The number of carbonyl (C=O) groups excluding carboxylic acids is 1. The van der Waals surface area contributed by atoms with Gasteiger partial charge in [0.15, 0.2) is 5.78 Å². The number of aromatic nitrogens is 1. The molecule has 1 aromatic heterocycles. The Bertz CT molecular complexity index is 607. The molecule has 0 atom stereocenters. The Hall–Kier alpha value is -1.54. The lowest BCUT2D eigenvalue weighted by Gasteiger charge is -2.17. The summed E-state index contributed by atoms with van der Waals surface area (Å²) < 4.78 is 2.07. The van der Waals surface area contributed by atoms with Gasteiger partial charge in [0, 0.05) is 23.9 Å². The van der Waals surface area contributed by atoms with Crippen LogP contribution in [0.5, 0.6) is 0 Å². The molecule has 0 saturated heterocycles. The van der Waals surface area contributed by atoms with Crippen LogP contribution in [0.4, 0.5) is 0 Å². The molecule has 3 rings (SSSR count). The van der Waals surface area contributed by atoms with Gasteiger partial charge in [-0.1, -0.05) is 23.7 Å². The maximum absolute atomic E-state index is 11.9. The van der Waals surface area contributed by atoms with E-state index in [1.165, 1.54) is 0 Å². The van der Waals surface area contributed by atoms with Crippen molar-refractivity contribution in [2.24, 2.45) is 0 Å². The Labute approximate surface area is 111 Å². The molecule has 0 radical (unpaired) electrons. The zero-order valence-corrected chi connectivity index (χ0v) is 11.0. The third kappa shape index (κ3) is 1.68. The van der Waals surface area contributed by atoms with Gasteiger partial charge in [-0.15, -0.1) is 0 Å². The van der Waals surface area contributed by atoms with Crippen LogP contribution in [0.2, 0.25) is 5.02 Å². The number of aryl methyl sites for hydroxylation is 1. The standard InChI is InChI=1S/C15H14ClNO/c1-10-4-2-5-12(16)15(10)17-9-8-11-13(17)6-3-7-14(11)18/h2,4-5,8-9H,3,6-7H2,1H3. The number of hydrogen-bond donors (Lipinski definition) is 0. The first-order valence-electron chi connectivity index (χ1n) is 6.17. The number of rotatable bonds is 1. The third-order valence-corrected chi connectivity index (χ3v) is 3.84. The quantitative estimate of drug-likeness (QED) is 0.760. The van der Waals surface area contributed by atoms with Crippen LogP contribution in [0.15, 0.2) is 30.5 Å². The van der Waals surface area contributed by atoms with E-state index >= 15 is 0 Å². The number of para-hydroxylation sites is 1. The molecule has 1 heterocycles. The SMILES string of the molecule is Cc1cccc(Cl)c1-n1ccc2c1CCCC2=O. The molecule has 0 amide bonds. The second-order valence-corrected chi connectivity index (χ2v) is 5.14. The maximum Gasteiger partial charge on any atom is 0.164 e. The van der Waals surface area contributed by atoms with Crippen LogP contribution in [0.25, 0.3) is 5.69 Å². The van der Waals surface area contributed by atoms with E-state index in [0.717, 1.165) is 40.4 Å². The van der Waals surface area contributed by atoms with E-state index in [-0.39, 0.29) is 5.78 Å². The van der Waals surface area contributed by atoms with Crippen molar-refractivity contribution in [3.05, 3.63) is 52.3 Å². The zero-order chi connectivity index (χ0) is 12.7. The second-order valence-electron chi connectivity index (χ2n) is 4.73. The van der Waals surface area contributed by atoms with E-state index in [0.29, 0.717) is 6.42 Å². The molecule has 0 N–H and O–H groups in total. The smallest absolute Gasteiger partial charge is 0.164 e. The first kappa shape index (κ1) is 11.5. The Morgan fingerprint density at radius 2 is 2.06 bits per heavy atom. The molecule has 3 heteroatoms. The van der Waals surface area contributed by atoms with Gasteiger partial charge in [0.25, 0.3) is 0 Å². The van der Waals surface area contributed by atoms with E-state index in [9.17, 15) is 4.79 Å². The van der Waals surface area contributed by atoms with Crippen molar-refractivity contribution in [1.29, 1.82) is 0 Å². The molecule has 0 fully saturated rings. The summed E-state index contributed by atoms with van der Waals surface area (Å²) in [6.07, 6.45) is 4.50. The molecule has 92 valence electrons. The molecule has 1 aliphatic rings. The van der Waals surface area contributed by atoms with E-state index in [1.54, 1.807) is 0 Å². The van der Waals surface area contributed by atoms with Gasteiger partial charge in [-0.3, -0.25) is 4.79 Å². The Kier molecular flexibility index (Phi) is 2.75. The number of hydrogen-bond acceptors (Lipinski definition) is 1. The lowest BCUT2D eigenvalue weighted by Crippen LogP contribution is -2.12. The fraction of sp³-hybridized carbons (Fsp3) is 0.267. The highest BCUT2D eigenvalue weighted by Gasteiger charge is 2.22. The van der Waals surface area contributed by atoms with Crippen LogP contribution in [0, 0.1) is 6.92 Å². The zero-order valence-electron chi connectivity index (χ0n) is 10.2. The summed E-state index contributed by atoms with van der Waals surface area (Å²) in [5.41, 5.74) is 4.08. The predicted molar refractivity (Wildman–Crippen MR) is 72.8 cm³/mol. The van der Waals surface area contributed by atoms with Gasteiger partial charge in [0.1, 0.15) is 0 Å². The van der Waals surface area contributed by atoms with Crippen molar-refractivity contribution < 1.29 is 4.79 Å². The van der Waals surface area contributed by atoms with Gasteiger partial charge in [-0.25, -0.2) is 0 Å². The Morgan fingerprint density at radius 1 is 1.22 bits per heavy atom. The number of fused-ring (bicyclic) bond motifs is 1. The summed E-state index contributed by atoms with van der Waals surface area (Å²) in [5, 5.41) is 0.728. The first-order chi connectivity index (χ1) is 8.68. The summed E-state index contributed by atoms with van der Waals surface area (Å²) in [5.74, 6) is 0.250. The fourth-order valence-electron chi connectivity index (χ4n) is 2.66. The van der Waals surface area contributed by atoms with E-state index < -0.39 is 0 Å². The molecule has 1 aliphatic carbocycles. The van der Waals surface area contributed by atoms with E-state index in [2.05, 4.69) is 4.57 Å². The second kappa shape index (κ2) is 4.29. The molecule has 0 unspecified atom stereocenters. The van der Waals surface area contributed by atoms with Gasteiger partial charge in [0.2, 0.25) is 0 Å². The van der Waals surface area contributed by atoms with Crippen molar-refractivity contribution in [3.8, 4) is 5.69 Å². The van der Waals surface area contributed by atoms with E-state index in [1.807, 2.05) is 37.4 Å². The normalized spacial score (nSPS) is 14.7. The van der Waals surface area contributed by atoms with Gasteiger partial charge in [-0.2, -0.15) is 0 Å². The largest absolute Gasteiger partial charge is 0.318 e. The van der Waals surface area contributed by atoms with Crippen molar-refractivity contribution >= 4 is 17.4 Å². The van der Waals surface area contributed by atoms with Gasteiger partial charge < -0.3 is 4.57 Å². The van der Waals surface area contributed by atoms with E-state index in [4.69, 9.17) is 11.6 Å². The number of nitrogens with zero attached hydrogens (tertiary/aromatic N) is 1. The highest BCUT2D eigenvalue weighted by Crippen LogP contribution is 2.30. The Morgan fingerprint density at radius 3 is 2.83 bits per heavy atom. The summed E-state index contributed by atoms with van der Waals surface area (Å²) in [6.45, 7) is 2.04. The average molecular weight is 260 g/mol. The lowest BCUT2D eigenvalue weighted by atomic mass is 9.96. The molecule has 0 aliphatic heterocycles. The molecule has 2 nitrogen and oxygen atoms in total. The molecule has 0 saturated carbocycles. The minimum absolute atomic E-state index is 0.250. The highest BCUT2D eigenvalue weighted by atomic mass is 35.5. The minimum atomic E-state index is 0.250. The number of halogens is 1. The molecular formula is C15H14ClNO. The number of benzene rings is 1. The third-order valence-electron chi connectivity index (χ3n) is 3.54. The number of ketones is 1. The molecular weight excluding hydrogens is 246 g/mol. The Balaban J connectivity index is 2.22. The van der Waals surface area contributed by atoms with Crippen LogP contribution in [-0.4, -0.2) is 10.4 Å². The highest BCUT2D eigenvalue weighted by molar-refractivity contribution is 6.32. The maximum atomic E-state index is 11.9. The van der Waals surface area contributed by atoms with Gasteiger partial charge in [-0.05, 0) is 37.5 Å². The number of carbonyl (C=O) groups is 1. The average Bonchev–Trinajstić information content (AvgIpc) is 2.75. The minimum Gasteiger partial charge on any atom is -0.318 e.